The molecular weight excluding hydrogens is 1070 g/mol. The summed E-state index contributed by atoms with van der Waals surface area (Å²) in [5, 5.41) is 2.29. The van der Waals surface area contributed by atoms with Gasteiger partial charge in [-0.3, -0.25) is 0 Å². The van der Waals surface area contributed by atoms with Crippen LogP contribution in [0.2, 0.25) is 0 Å². The Morgan fingerprint density at radius 1 is 0.250 bits per heavy atom. The van der Waals surface area contributed by atoms with Crippen LogP contribution in [0.25, 0.3) is 106 Å². The SMILES string of the molecule is c1ccc(-c2ccc3c(c2)c2cc(-c4ccccc4)ccc2n3-c2c(-c3cccc(-c4cccc(N5c6ccccc6B6c7ccccc7N(c7ccccc7)c7cccc5c76)c4)c3)cccc2-c2nc(-c3ccccc3)nc(-c3ccccc3)n2)cc1. The third-order valence-electron chi connectivity index (χ3n) is 17.6. The van der Waals surface area contributed by atoms with Crippen molar-refractivity contribution >= 4 is 79.0 Å². The minimum absolute atomic E-state index is 0.0541. The van der Waals surface area contributed by atoms with Crippen molar-refractivity contribution in [1.29, 1.82) is 0 Å². The molecule has 13 aromatic carbocycles. The molecular formula is C81H53BN6. The third-order valence-corrected chi connectivity index (χ3v) is 17.6. The Kier molecular flexibility index (Phi) is 12.2. The molecule has 0 aliphatic carbocycles. The molecule has 17 rings (SSSR count). The van der Waals surface area contributed by atoms with Crippen LogP contribution in [0.4, 0.5) is 34.1 Å². The van der Waals surface area contributed by atoms with Crippen LogP contribution in [-0.4, -0.2) is 26.2 Å². The highest BCUT2D eigenvalue weighted by Gasteiger charge is 2.43. The molecule has 2 aliphatic rings. The molecule has 0 saturated carbocycles. The second kappa shape index (κ2) is 21.1. The quantitative estimate of drug-likeness (QED) is 0.128. The summed E-state index contributed by atoms with van der Waals surface area (Å²) in [6.45, 7) is 0.0541. The summed E-state index contributed by atoms with van der Waals surface area (Å²) in [5.41, 5.74) is 25.6. The Bertz CT molecular complexity index is 5010. The molecule has 6 nitrogen and oxygen atoms in total. The summed E-state index contributed by atoms with van der Waals surface area (Å²) in [6, 6.07) is 116. The van der Waals surface area contributed by atoms with Crippen LogP contribution in [0.1, 0.15) is 0 Å². The molecule has 0 bridgehead atoms. The first kappa shape index (κ1) is 50.8. The number of rotatable bonds is 10. The fourth-order valence-corrected chi connectivity index (χ4v) is 13.7. The van der Waals surface area contributed by atoms with Gasteiger partial charge in [-0.1, -0.05) is 237 Å². The Morgan fingerprint density at radius 3 is 1.20 bits per heavy atom. The largest absolute Gasteiger partial charge is 0.311 e. The van der Waals surface area contributed by atoms with E-state index in [9.17, 15) is 0 Å². The van der Waals surface area contributed by atoms with Crippen molar-refractivity contribution in [2.45, 2.75) is 0 Å². The molecule has 0 fully saturated rings. The molecule has 7 heteroatoms. The zero-order chi connectivity index (χ0) is 58.1. The number of para-hydroxylation sites is 4. The lowest BCUT2D eigenvalue weighted by atomic mass is 9.33. The molecule has 4 heterocycles. The van der Waals surface area contributed by atoms with E-state index >= 15 is 0 Å². The van der Waals surface area contributed by atoms with Crippen LogP contribution in [0.5, 0.6) is 0 Å². The first-order valence-corrected chi connectivity index (χ1v) is 30.0. The van der Waals surface area contributed by atoms with Gasteiger partial charge >= 0.3 is 0 Å². The Balaban J connectivity index is 0.870. The van der Waals surface area contributed by atoms with E-state index in [4.69, 9.17) is 15.0 Å². The molecule has 0 N–H and O–H groups in total. The monoisotopic (exact) mass is 1120 g/mol. The number of hydrogen-bond donors (Lipinski definition) is 0. The highest BCUT2D eigenvalue weighted by molar-refractivity contribution is 7.00. The lowest BCUT2D eigenvalue weighted by Crippen LogP contribution is -2.61. The molecule has 0 atom stereocenters. The lowest BCUT2D eigenvalue weighted by Gasteiger charge is -2.44. The van der Waals surface area contributed by atoms with Gasteiger partial charge in [-0.15, -0.1) is 0 Å². The fraction of sp³-hybridized carbons (Fsp3) is 0. The first-order valence-electron chi connectivity index (χ1n) is 30.0. The van der Waals surface area contributed by atoms with E-state index in [-0.39, 0.29) is 6.71 Å². The summed E-state index contributed by atoms with van der Waals surface area (Å²) in [7, 11) is 0. The number of aromatic nitrogens is 4. The van der Waals surface area contributed by atoms with E-state index in [2.05, 4.69) is 299 Å². The van der Waals surface area contributed by atoms with Gasteiger partial charge in [-0.2, -0.15) is 0 Å². The predicted molar refractivity (Wildman–Crippen MR) is 366 cm³/mol. The van der Waals surface area contributed by atoms with Gasteiger partial charge in [0.2, 0.25) is 0 Å². The van der Waals surface area contributed by atoms with Crippen molar-refractivity contribution < 1.29 is 0 Å². The van der Waals surface area contributed by atoms with Crippen LogP contribution < -0.4 is 26.2 Å². The maximum Gasteiger partial charge on any atom is 0.252 e. The van der Waals surface area contributed by atoms with Gasteiger partial charge in [-0.25, -0.2) is 15.0 Å². The molecule has 2 aliphatic heterocycles. The maximum absolute atomic E-state index is 5.43. The number of nitrogens with zero attached hydrogens (tertiary/aromatic N) is 6. The van der Waals surface area contributed by atoms with Gasteiger partial charge in [-0.05, 0) is 140 Å². The summed E-state index contributed by atoms with van der Waals surface area (Å²) in [4.78, 5) is 20.9. The molecule has 0 saturated heterocycles. The van der Waals surface area contributed by atoms with E-state index in [1.165, 1.54) is 39.1 Å². The molecule has 15 aromatic rings. The topological polar surface area (TPSA) is 50.1 Å². The Labute approximate surface area is 511 Å². The maximum atomic E-state index is 5.43. The van der Waals surface area contributed by atoms with E-state index in [1.54, 1.807) is 0 Å². The van der Waals surface area contributed by atoms with E-state index in [0.717, 1.165) is 100 Å². The molecule has 2 aromatic heterocycles. The smallest absolute Gasteiger partial charge is 0.252 e. The predicted octanol–water partition coefficient (Wildman–Crippen LogP) is 18.7. The molecule has 0 amide bonds. The van der Waals surface area contributed by atoms with Crippen molar-refractivity contribution in [2.75, 3.05) is 9.80 Å². The summed E-state index contributed by atoms with van der Waals surface area (Å²) >= 11 is 0. The van der Waals surface area contributed by atoms with Crippen LogP contribution in [0, 0.1) is 0 Å². The Morgan fingerprint density at radius 2 is 0.636 bits per heavy atom. The van der Waals surface area contributed by atoms with Crippen molar-refractivity contribution in [2.24, 2.45) is 0 Å². The first-order chi connectivity index (χ1) is 43.7. The summed E-state index contributed by atoms with van der Waals surface area (Å²) in [5.74, 6) is 1.78. The molecule has 0 spiro atoms. The second-order valence-electron chi connectivity index (χ2n) is 22.7. The van der Waals surface area contributed by atoms with Crippen LogP contribution in [-0.2, 0) is 0 Å². The van der Waals surface area contributed by atoms with E-state index in [0.29, 0.717) is 17.5 Å². The average molecular weight is 1120 g/mol. The summed E-state index contributed by atoms with van der Waals surface area (Å²) in [6.07, 6.45) is 0. The summed E-state index contributed by atoms with van der Waals surface area (Å²) < 4.78 is 2.46. The van der Waals surface area contributed by atoms with Crippen molar-refractivity contribution in [3.8, 4) is 84.4 Å². The lowest BCUT2D eigenvalue weighted by molar-refractivity contribution is 1.06. The van der Waals surface area contributed by atoms with Crippen LogP contribution >= 0.6 is 0 Å². The normalized spacial score (nSPS) is 12.2. The van der Waals surface area contributed by atoms with Gasteiger partial charge in [0.1, 0.15) is 0 Å². The number of anilines is 6. The minimum atomic E-state index is 0.0541. The third kappa shape index (κ3) is 8.54. The van der Waals surface area contributed by atoms with Crippen molar-refractivity contribution in [3.05, 3.63) is 322 Å². The minimum Gasteiger partial charge on any atom is -0.311 e. The zero-order valence-electron chi connectivity index (χ0n) is 47.9. The van der Waals surface area contributed by atoms with Gasteiger partial charge in [0.05, 0.1) is 16.7 Å². The zero-order valence-corrected chi connectivity index (χ0v) is 47.9. The average Bonchev–Trinajstić information content (AvgIpc) is 0.819. The molecule has 410 valence electrons. The van der Waals surface area contributed by atoms with Crippen molar-refractivity contribution in [3.63, 3.8) is 0 Å². The number of benzene rings is 13. The van der Waals surface area contributed by atoms with Crippen LogP contribution in [0.15, 0.2) is 322 Å². The van der Waals surface area contributed by atoms with E-state index in [1.807, 2.05) is 36.4 Å². The second-order valence-corrected chi connectivity index (χ2v) is 22.7. The highest BCUT2D eigenvalue weighted by atomic mass is 15.2. The van der Waals surface area contributed by atoms with Crippen molar-refractivity contribution in [1.82, 2.24) is 19.5 Å². The molecule has 0 radical (unpaired) electrons. The van der Waals surface area contributed by atoms with Gasteiger partial charge in [0.25, 0.3) is 6.71 Å². The van der Waals surface area contributed by atoms with Crippen LogP contribution in [0.3, 0.4) is 0 Å². The standard InChI is InChI=1S/C81H53BN6/c1-6-24-54(25-7-1)60-46-48-71-67(52-60)68-53-61(55-26-8-2-9-27-55)47-49-72(68)88(71)78-65(38-22-39-66(78)81-84-79(56-28-10-3-11-29-56)83-80(85-81)57-30-12-4-13-31-57)62-34-20-32-58(50-62)59-33-21-37-64(51-59)87-74-43-19-17-41-70(74)82-69-40-16-18-42-73(69)86(63-35-14-5-15-36-63)75-44-23-45-76(87)77(75)82/h1-53H. The van der Waals surface area contributed by atoms with E-state index < -0.39 is 0 Å². The van der Waals surface area contributed by atoms with Gasteiger partial charge in [0.15, 0.2) is 17.5 Å². The van der Waals surface area contributed by atoms with Gasteiger partial charge < -0.3 is 14.4 Å². The molecule has 0 unspecified atom stereocenters. The Hall–Kier alpha value is -11.7. The number of hydrogen-bond acceptors (Lipinski definition) is 5. The highest BCUT2D eigenvalue weighted by Crippen LogP contribution is 2.47. The molecule has 88 heavy (non-hydrogen) atoms. The fourth-order valence-electron chi connectivity index (χ4n) is 13.7. The number of fused-ring (bicyclic) bond motifs is 7. The van der Waals surface area contributed by atoms with Gasteiger partial charge in [0, 0.05) is 67.2 Å².